The van der Waals surface area contributed by atoms with E-state index in [4.69, 9.17) is 15.9 Å². The van der Waals surface area contributed by atoms with E-state index in [9.17, 15) is 14.4 Å². The molecule has 0 aromatic heterocycles. The number of benzene rings is 2. The van der Waals surface area contributed by atoms with Crippen LogP contribution in [-0.4, -0.2) is 31.6 Å². The Bertz CT molecular complexity index is 1170. The lowest BCUT2D eigenvalue weighted by Gasteiger charge is -2.27. The lowest BCUT2D eigenvalue weighted by molar-refractivity contribution is -0.122. The molecule has 2 aromatic carbocycles. The maximum atomic E-state index is 13.1. The smallest absolute Gasteiger partial charge is 0.335 e. The van der Waals surface area contributed by atoms with Gasteiger partial charge in [0, 0.05) is 4.47 Å². The molecular weight excluding hydrogens is 579 g/mol. The Labute approximate surface area is 201 Å². The highest BCUT2D eigenvalue weighted by atomic mass is 127. The highest BCUT2D eigenvalue weighted by molar-refractivity contribution is 14.1. The average Bonchev–Trinajstić information content (AvgIpc) is 2.71. The SMILES string of the molecule is C#CCOc1c(I)cc(/C=C2/C(=O)NC(=O)N(c3ccc(Br)cc3C)C2=O)cc1OC. The molecule has 158 valence electrons. The molecule has 0 spiro atoms. The van der Waals surface area contributed by atoms with Crippen LogP contribution in [0.5, 0.6) is 11.5 Å². The second-order valence-corrected chi connectivity index (χ2v) is 8.49. The van der Waals surface area contributed by atoms with Gasteiger partial charge in [0.1, 0.15) is 12.2 Å². The second-order valence-electron chi connectivity index (χ2n) is 6.42. The van der Waals surface area contributed by atoms with Crippen LogP contribution in [0.4, 0.5) is 10.5 Å². The van der Waals surface area contributed by atoms with E-state index in [1.54, 1.807) is 37.3 Å². The van der Waals surface area contributed by atoms with Gasteiger partial charge in [-0.05, 0) is 77.0 Å². The number of barbiturate groups is 1. The quantitative estimate of drug-likeness (QED) is 0.244. The molecule has 7 nitrogen and oxygen atoms in total. The lowest BCUT2D eigenvalue weighted by atomic mass is 10.1. The van der Waals surface area contributed by atoms with Gasteiger partial charge in [0.25, 0.3) is 11.8 Å². The third kappa shape index (κ3) is 4.75. The number of halogens is 2. The fraction of sp³-hybridized carbons (Fsp3) is 0.136. The topological polar surface area (TPSA) is 84.9 Å². The van der Waals surface area contributed by atoms with E-state index < -0.39 is 17.8 Å². The van der Waals surface area contributed by atoms with Crippen molar-refractivity contribution in [3.63, 3.8) is 0 Å². The van der Waals surface area contributed by atoms with E-state index in [0.717, 1.165) is 9.37 Å². The van der Waals surface area contributed by atoms with Gasteiger partial charge in [-0.3, -0.25) is 14.9 Å². The first-order valence-electron chi connectivity index (χ1n) is 8.88. The summed E-state index contributed by atoms with van der Waals surface area (Å²) in [6.45, 7) is 1.83. The van der Waals surface area contributed by atoms with Crippen molar-refractivity contribution in [1.29, 1.82) is 0 Å². The van der Waals surface area contributed by atoms with Gasteiger partial charge in [-0.25, -0.2) is 9.69 Å². The molecule has 0 bridgehead atoms. The lowest BCUT2D eigenvalue weighted by Crippen LogP contribution is -2.54. The van der Waals surface area contributed by atoms with Gasteiger partial charge in [0.05, 0.1) is 16.4 Å². The van der Waals surface area contributed by atoms with Crippen molar-refractivity contribution in [2.24, 2.45) is 0 Å². The van der Waals surface area contributed by atoms with E-state index >= 15 is 0 Å². The largest absolute Gasteiger partial charge is 0.493 e. The fourth-order valence-corrected chi connectivity index (χ4v) is 4.25. The van der Waals surface area contributed by atoms with E-state index in [1.165, 1.54) is 13.2 Å². The third-order valence-electron chi connectivity index (χ3n) is 4.36. The van der Waals surface area contributed by atoms with E-state index in [-0.39, 0.29) is 12.2 Å². The minimum Gasteiger partial charge on any atom is -0.493 e. The molecule has 0 atom stereocenters. The fourth-order valence-electron chi connectivity index (χ4n) is 2.99. The molecule has 31 heavy (non-hydrogen) atoms. The number of terminal acetylenes is 1. The van der Waals surface area contributed by atoms with Crippen LogP contribution in [0.1, 0.15) is 11.1 Å². The first-order valence-corrected chi connectivity index (χ1v) is 10.8. The van der Waals surface area contributed by atoms with Crippen LogP contribution in [0, 0.1) is 22.8 Å². The molecule has 1 heterocycles. The van der Waals surface area contributed by atoms with Crippen LogP contribution in [0.3, 0.4) is 0 Å². The molecule has 2 aromatic rings. The number of aryl methyl sites for hydroxylation is 1. The minimum atomic E-state index is -0.803. The predicted molar refractivity (Wildman–Crippen MR) is 128 cm³/mol. The normalized spacial score (nSPS) is 15.0. The van der Waals surface area contributed by atoms with Crippen LogP contribution in [0.25, 0.3) is 6.08 Å². The summed E-state index contributed by atoms with van der Waals surface area (Å²) in [6.07, 6.45) is 6.65. The summed E-state index contributed by atoms with van der Waals surface area (Å²) in [5.74, 6) is 1.75. The van der Waals surface area contributed by atoms with E-state index in [1.807, 2.05) is 22.6 Å². The maximum absolute atomic E-state index is 13.1. The number of amides is 4. The van der Waals surface area contributed by atoms with Gasteiger partial charge in [-0.1, -0.05) is 21.9 Å². The molecule has 3 rings (SSSR count). The Morgan fingerprint density at radius 1 is 1.26 bits per heavy atom. The first-order chi connectivity index (χ1) is 14.8. The number of anilines is 1. The number of hydrogen-bond acceptors (Lipinski definition) is 5. The predicted octanol–water partition coefficient (Wildman–Crippen LogP) is 4.05. The van der Waals surface area contributed by atoms with Crippen molar-refractivity contribution in [3.8, 4) is 23.8 Å². The number of methoxy groups -OCH3 is 1. The second kappa shape index (κ2) is 9.53. The highest BCUT2D eigenvalue weighted by Gasteiger charge is 2.37. The maximum Gasteiger partial charge on any atom is 0.335 e. The summed E-state index contributed by atoms with van der Waals surface area (Å²) in [5, 5.41) is 2.22. The summed E-state index contributed by atoms with van der Waals surface area (Å²) < 4.78 is 12.4. The first kappa shape index (κ1) is 22.8. The number of nitrogens with zero attached hydrogens (tertiary/aromatic N) is 1. The van der Waals surface area contributed by atoms with Gasteiger partial charge in [0.15, 0.2) is 11.5 Å². The summed E-state index contributed by atoms with van der Waals surface area (Å²) >= 11 is 5.40. The van der Waals surface area contributed by atoms with Crippen LogP contribution in [0.15, 0.2) is 40.4 Å². The monoisotopic (exact) mass is 594 g/mol. The van der Waals surface area contributed by atoms with Crippen LogP contribution < -0.4 is 19.7 Å². The van der Waals surface area contributed by atoms with Crippen molar-refractivity contribution in [1.82, 2.24) is 5.32 Å². The molecule has 1 saturated heterocycles. The number of nitrogens with one attached hydrogen (secondary N) is 1. The number of ether oxygens (including phenoxy) is 2. The molecule has 0 radical (unpaired) electrons. The molecule has 1 fully saturated rings. The average molecular weight is 595 g/mol. The summed E-state index contributed by atoms with van der Waals surface area (Å²) in [6, 6.07) is 7.65. The standard InChI is InChI=1S/C22H16BrIN2O5/c1-4-7-31-19-16(24)10-13(11-18(19)30-3)9-15-20(27)25-22(29)26(21(15)28)17-6-5-14(23)8-12(17)2/h1,5-6,8-11H,7H2,2-3H3,(H,25,27,29)/b15-9-. The number of imide groups is 2. The third-order valence-corrected chi connectivity index (χ3v) is 5.66. The molecule has 4 amide bonds. The van der Waals surface area contributed by atoms with Crippen molar-refractivity contribution < 1.29 is 23.9 Å². The van der Waals surface area contributed by atoms with E-state index in [2.05, 4.69) is 27.2 Å². The Hall–Kier alpha value is -2.84. The number of rotatable bonds is 5. The van der Waals surface area contributed by atoms with Crippen LogP contribution in [-0.2, 0) is 9.59 Å². The molecule has 0 saturated carbocycles. The Kier molecular flexibility index (Phi) is 7.02. The van der Waals surface area contributed by atoms with Crippen LogP contribution >= 0.6 is 38.5 Å². The Morgan fingerprint density at radius 2 is 2.00 bits per heavy atom. The van der Waals surface area contributed by atoms with Crippen molar-refractivity contribution in [3.05, 3.63) is 55.1 Å². The zero-order chi connectivity index (χ0) is 22.7. The van der Waals surface area contributed by atoms with Gasteiger partial charge in [0.2, 0.25) is 0 Å². The zero-order valence-corrected chi connectivity index (χ0v) is 20.2. The Morgan fingerprint density at radius 3 is 2.65 bits per heavy atom. The zero-order valence-electron chi connectivity index (χ0n) is 16.5. The van der Waals surface area contributed by atoms with E-state index in [0.29, 0.717) is 31.9 Å². The molecule has 1 aliphatic rings. The molecule has 9 heteroatoms. The number of hydrogen-bond donors (Lipinski definition) is 1. The number of carbonyl (C=O) groups is 3. The Balaban J connectivity index is 2.04. The molecular formula is C22H16BrIN2O5. The van der Waals surface area contributed by atoms with Crippen molar-refractivity contribution in [2.45, 2.75) is 6.92 Å². The molecule has 0 unspecified atom stereocenters. The molecule has 0 aliphatic carbocycles. The summed E-state index contributed by atoms with van der Waals surface area (Å²) in [4.78, 5) is 38.9. The molecule has 1 aliphatic heterocycles. The van der Waals surface area contributed by atoms with Gasteiger partial charge in [-0.15, -0.1) is 6.42 Å². The van der Waals surface area contributed by atoms with Gasteiger partial charge >= 0.3 is 6.03 Å². The summed E-state index contributed by atoms with van der Waals surface area (Å²) in [7, 11) is 1.47. The molecule has 1 N–H and O–H groups in total. The van der Waals surface area contributed by atoms with Crippen molar-refractivity contribution in [2.75, 3.05) is 18.6 Å². The minimum absolute atomic E-state index is 0.0668. The van der Waals surface area contributed by atoms with Gasteiger partial charge in [-0.2, -0.15) is 0 Å². The van der Waals surface area contributed by atoms with Crippen LogP contribution in [0.2, 0.25) is 0 Å². The number of urea groups is 1. The van der Waals surface area contributed by atoms with Crippen molar-refractivity contribution >= 4 is 68.1 Å². The highest BCUT2D eigenvalue weighted by Crippen LogP contribution is 2.35. The number of carbonyl (C=O) groups excluding carboxylic acids is 3. The van der Waals surface area contributed by atoms with Gasteiger partial charge < -0.3 is 9.47 Å². The summed E-state index contributed by atoms with van der Waals surface area (Å²) in [5.41, 5.74) is 1.42.